The molecule has 1 aliphatic heterocycles. The summed E-state index contributed by atoms with van der Waals surface area (Å²) in [6.45, 7) is 6.75. The second kappa shape index (κ2) is 9.04. The topological polar surface area (TPSA) is 107 Å². The molecule has 1 aliphatic rings. The number of fused-ring (bicyclic) bond motifs is 1. The predicted octanol–water partition coefficient (Wildman–Crippen LogP) is 3.69. The number of benzene rings is 1. The molecule has 0 spiro atoms. The number of morpholine rings is 1. The first-order valence-corrected chi connectivity index (χ1v) is 12.0. The molecule has 6 rings (SSSR count). The zero-order valence-corrected chi connectivity index (χ0v) is 20.1. The molecule has 0 saturated carbocycles. The molecule has 0 bridgehead atoms. The Kier molecular flexibility index (Phi) is 5.57. The maximum atomic E-state index is 10.6. The van der Waals surface area contributed by atoms with E-state index >= 15 is 0 Å². The number of aromatic hydroxyl groups is 1. The summed E-state index contributed by atoms with van der Waals surface area (Å²) in [7, 11) is 0. The van der Waals surface area contributed by atoms with Gasteiger partial charge in [0.05, 0.1) is 24.8 Å². The predicted molar refractivity (Wildman–Crippen MR) is 136 cm³/mol. The molecular formula is C26H26N8O2. The van der Waals surface area contributed by atoms with Gasteiger partial charge in [0.1, 0.15) is 5.82 Å². The second-order valence-electron chi connectivity index (χ2n) is 8.73. The van der Waals surface area contributed by atoms with Crippen molar-refractivity contribution in [3.63, 3.8) is 0 Å². The molecule has 5 heterocycles. The molecule has 0 unspecified atom stereocenters. The summed E-state index contributed by atoms with van der Waals surface area (Å²) in [5.74, 6) is 1.82. The number of aryl methyl sites for hydroxylation is 1. The van der Waals surface area contributed by atoms with Gasteiger partial charge in [-0.05, 0) is 31.5 Å². The Hall–Kier alpha value is -4.31. The van der Waals surface area contributed by atoms with Crippen LogP contribution in [0.2, 0.25) is 0 Å². The SMILES string of the molecule is CCn1c(-c2ccncc2)nc2c(N3CCOC[C@H]3C)nc(-n3cc(-c4ccccc4)c(O)n3)nc21. The van der Waals surface area contributed by atoms with Crippen molar-refractivity contribution in [1.29, 1.82) is 0 Å². The lowest BCUT2D eigenvalue weighted by atomic mass is 10.1. The summed E-state index contributed by atoms with van der Waals surface area (Å²) in [6, 6.07) is 13.6. The van der Waals surface area contributed by atoms with Crippen LogP contribution in [0.5, 0.6) is 5.88 Å². The van der Waals surface area contributed by atoms with Crippen molar-refractivity contribution in [2.75, 3.05) is 24.7 Å². The van der Waals surface area contributed by atoms with Crippen molar-refractivity contribution in [2.24, 2.45) is 0 Å². The minimum atomic E-state index is -0.0762. The zero-order valence-electron chi connectivity index (χ0n) is 20.1. The van der Waals surface area contributed by atoms with Crippen LogP contribution in [0.25, 0.3) is 39.6 Å². The smallest absolute Gasteiger partial charge is 0.254 e. The molecule has 1 fully saturated rings. The Labute approximate surface area is 207 Å². The molecule has 10 nitrogen and oxygen atoms in total. The quantitative estimate of drug-likeness (QED) is 0.404. The highest BCUT2D eigenvalue weighted by Crippen LogP contribution is 2.33. The van der Waals surface area contributed by atoms with Crippen LogP contribution in [-0.4, -0.2) is 65.2 Å². The molecule has 182 valence electrons. The highest BCUT2D eigenvalue weighted by molar-refractivity contribution is 5.88. The van der Waals surface area contributed by atoms with E-state index in [0.717, 1.165) is 28.3 Å². The average molecular weight is 483 g/mol. The van der Waals surface area contributed by atoms with Crippen molar-refractivity contribution in [3.8, 4) is 34.3 Å². The summed E-state index contributed by atoms with van der Waals surface area (Å²) < 4.78 is 9.29. The number of pyridine rings is 1. The largest absolute Gasteiger partial charge is 0.492 e. The summed E-state index contributed by atoms with van der Waals surface area (Å²) >= 11 is 0. The Bertz CT molecular complexity index is 1510. The molecule has 36 heavy (non-hydrogen) atoms. The number of hydrogen-bond donors (Lipinski definition) is 1. The van der Waals surface area contributed by atoms with Gasteiger partial charge in [0.15, 0.2) is 17.0 Å². The van der Waals surface area contributed by atoms with E-state index in [1.165, 1.54) is 4.68 Å². The van der Waals surface area contributed by atoms with Crippen molar-refractivity contribution in [3.05, 3.63) is 61.1 Å². The first-order chi connectivity index (χ1) is 17.6. The van der Waals surface area contributed by atoms with E-state index in [4.69, 9.17) is 19.7 Å². The highest BCUT2D eigenvalue weighted by atomic mass is 16.5. The number of nitrogens with zero attached hydrogens (tertiary/aromatic N) is 8. The molecule has 0 aliphatic carbocycles. The third kappa shape index (κ3) is 3.75. The molecule has 4 aromatic heterocycles. The molecule has 1 aromatic carbocycles. The Morgan fingerprint density at radius 3 is 2.58 bits per heavy atom. The zero-order chi connectivity index (χ0) is 24.6. The Balaban J connectivity index is 1.57. The summed E-state index contributed by atoms with van der Waals surface area (Å²) in [6.07, 6.45) is 5.28. The second-order valence-corrected chi connectivity index (χ2v) is 8.73. The summed E-state index contributed by atoms with van der Waals surface area (Å²) in [5.41, 5.74) is 3.86. The number of imidazole rings is 1. The van der Waals surface area contributed by atoms with Crippen LogP contribution in [0, 0.1) is 0 Å². The minimum Gasteiger partial charge on any atom is -0.492 e. The molecule has 1 saturated heterocycles. The van der Waals surface area contributed by atoms with E-state index in [9.17, 15) is 5.11 Å². The van der Waals surface area contributed by atoms with E-state index in [2.05, 4.69) is 33.4 Å². The van der Waals surface area contributed by atoms with E-state index in [1.54, 1.807) is 18.6 Å². The fraction of sp³-hybridized carbons (Fsp3) is 0.269. The van der Waals surface area contributed by atoms with Gasteiger partial charge >= 0.3 is 0 Å². The van der Waals surface area contributed by atoms with Gasteiger partial charge in [0, 0.05) is 37.2 Å². The number of rotatable bonds is 5. The van der Waals surface area contributed by atoms with Gasteiger partial charge in [0.2, 0.25) is 5.88 Å². The van der Waals surface area contributed by atoms with Crippen molar-refractivity contribution in [2.45, 2.75) is 26.4 Å². The molecule has 5 aromatic rings. The monoisotopic (exact) mass is 482 g/mol. The fourth-order valence-corrected chi connectivity index (χ4v) is 4.63. The van der Waals surface area contributed by atoms with Crippen LogP contribution in [-0.2, 0) is 11.3 Å². The van der Waals surface area contributed by atoms with Gasteiger partial charge in [-0.2, -0.15) is 9.97 Å². The average Bonchev–Trinajstić information content (AvgIpc) is 3.50. The minimum absolute atomic E-state index is 0.0762. The van der Waals surface area contributed by atoms with Crippen LogP contribution >= 0.6 is 0 Å². The van der Waals surface area contributed by atoms with Gasteiger partial charge in [0.25, 0.3) is 5.95 Å². The van der Waals surface area contributed by atoms with Crippen LogP contribution in [0.3, 0.4) is 0 Å². The Morgan fingerprint density at radius 1 is 1.03 bits per heavy atom. The van der Waals surface area contributed by atoms with Gasteiger partial charge in [-0.3, -0.25) is 4.98 Å². The number of aromatic nitrogens is 7. The first kappa shape index (κ1) is 22.2. The van der Waals surface area contributed by atoms with Gasteiger partial charge < -0.3 is 19.3 Å². The highest BCUT2D eigenvalue weighted by Gasteiger charge is 2.27. The summed E-state index contributed by atoms with van der Waals surface area (Å²) in [5, 5.41) is 15.0. The van der Waals surface area contributed by atoms with E-state index in [-0.39, 0.29) is 11.9 Å². The lowest BCUT2D eigenvalue weighted by Gasteiger charge is -2.34. The van der Waals surface area contributed by atoms with E-state index < -0.39 is 0 Å². The van der Waals surface area contributed by atoms with Crippen LogP contribution in [0.15, 0.2) is 61.1 Å². The first-order valence-electron chi connectivity index (χ1n) is 12.0. The molecule has 1 atom stereocenters. The Morgan fingerprint density at radius 2 is 1.83 bits per heavy atom. The summed E-state index contributed by atoms with van der Waals surface area (Å²) in [4.78, 5) is 21.2. The lowest BCUT2D eigenvalue weighted by molar-refractivity contribution is 0.0986. The standard InChI is InChI=1S/C26H26N8O2/c1-3-32-22(19-9-11-27-12-10-19)28-21-23(32)29-26(30-24(21)33-13-14-36-16-17(33)2)34-15-20(25(35)31-34)18-7-5-4-6-8-18/h4-12,15,17H,3,13-14,16H2,1-2H3,(H,31,35)/t17-/m1/s1. The molecule has 10 heteroatoms. The maximum absolute atomic E-state index is 10.6. The number of ether oxygens (including phenoxy) is 1. The maximum Gasteiger partial charge on any atom is 0.254 e. The molecular weight excluding hydrogens is 456 g/mol. The van der Waals surface area contributed by atoms with Crippen LogP contribution in [0.4, 0.5) is 5.82 Å². The van der Waals surface area contributed by atoms with Crippen molar-refractivity contribution in [1.82, 2.24) is 34.3 Å². The number of hydrogen-bond acceptors (Lipinski definition) is 8. The van der Waals surface area contributed by atoms with Gasteiger partial charge in [-0.1, -0.05) is 30.3 Å². The van der Waals surface area contributed by atoms with Crippen molar-refractivity contribution < 1.29 is 9.84 Å². The third-order valence-electron chi connectivity index (χ3n) is 6.44. The fourth-order valence-electron chi connectivity index (χ4n) is 4.63. The molecule has 0 radical (unpaired) electrons. The molecule has 1 N–H and O–H groups in total. The van der Waals surface area contributed by atoms with Crippen LogP contribution < -0.4 is 4.90 Å². The lowest BCUT2D eigenvalue weighted by Crippen LogP contribution is -2.44. The van der Waals surface area contributed by atoms with Gasteiger partial charge in [-0.15, -0.1) is 5.10 Å². The van der Waals surface area contributed by atoms with Crippen molar-refractivity contribution >= 4 is 17.0 Å². The third-order valence-corrected chi connectivity index (χ3v) is 6.44. The van der Waals surface area contributed by atoms with Gasteiger partial charge in [-0.25, -0.2) is 9.67 Å². The van der Waals surface area contributed by atoms with E-state index in [1.807, 2.05) is 42.5 Å². The van der Waals surface area contributed by atoms with Crippen LogP contribution in [0.1, 0.15) is 13.8 Å². The normalized spacial score (nSPS) is 16.1. The number of anilines is 1. The van der Waals surface area contributed by atoms with E-state index in [0.29, 0.717) is 43.5 Å². The molecule has 0 amide bonds.